The average Bonchev–Trinajstić information content (AvgIpc) is 2.26. The van der Waals surface area contributed by atoms with Gasteiger partial charge in [-0.1, -0.05) is 0 Å². The fourth-order valence-corrected chi connectivity index (χ4v) is 1.55. The molecule has 1 rings (SSSR count). The molecule has 0 aliphatic heterocycles. The van der Waals surface area contributed by atoms with E-state index in [-0.39, 0.29) is 24.1 Å². The second kappa shape index (κ2) is 5.61. The van der Waals surface area contributed by atoms with E-state index in [4.69, 9.17) is 11.6 Å². The van der Waals surface area contributed by atoms with Crippen LogP contribution in [0.3, 0.4) is 0 Å². The quantitative estimate of drug-likeness (QED) is 0.598. The SMILES string of the molecule is Cc1cc(F)ccc1N(CC=O)C(=O)CCl. The summed E-state index contributed by atoms with van der Waals surface area (Å²) in [5.74, 6) is -0.987. The van der Waals surface area contributed by atoms with E-state index in [9.17, 15) is 14.0 Å². The van der Waals surface area contributed by atoms with Crippen LogP contribution in [0.4, 0.5) is 10.1 Å². The van der Waals surface area contributed by atoms with Gasteiger partial charge in [-0.2, -0.15) is 0 Å². The smallest absolute Gasteiger partial charge is 0.242 e. The number of aryl methyl sites for hydroxylation is 1. The molecule has 0 aliphatic rings. The highest BCUT2D eigenvalue weighted by Crippen LogP contribution is 2.20. The van der Waals surface area contributed by atoms with Gasteiger partial charge in [-0.05, 0) is 30.7 Å². The van der Waals surface area contributed by atoms with Crippen LogP contribution in [0.1, 0.15) is 5.56 Å². The fourth-order valence-electron chi connectivity index (χ4n) is 1.40. The fraction of sp³-hybridized carbons (Fsp3) is 0.273. The lowest BCUT2D eigenvalue weighted by molar-refractivity contribution is -0.117. The number of alkyl halides is 1. The molecule has 0 unspecified atom stereocenters. The standard InChI is InChI=1S/C11H11ClFNO2/c1-8-6-9(13)2-3-10(8)14(4-5-15)11(16)7-12/h2-3,5-6H,4,7H2,1H3. The third-order valence-corrected chi connectivity index (χ3v) is 2.35. The minimum atomic E-state index is -0.386. The van der Waals surface area contributed by atoms with Crippen molar-refractivity contribution in [2.75, 3.05) is 17.3 Å². The zero-order valence-corrected chi connectivity index (χ0v) is 9.50. The molecular formula is C11H11ClFNO2. The van der Waals surface area contributed by atoms with Crippen molar-refractivity contribution in [3.05, 3.63) is 29.6 Å². The van der Waals surface area contributed by atoms with Crippen molar-refractivity contribution in [2.45, 2.75) is 6.92 Å². The summed E-state index contributed by atoms with van der Waals surface area (Å²) in [6.45, 7) is 1.58. The van der Waals surface area contributed by atoms with Crippen molar-refractivity contribution in [3.8, 4) is 0 Å². The van der Waals surface area contributed by atoms with E-state index < -0.39 is 0 Å². The molecule has 0 atom stereocenters. The van der Waals surface area contributed by atoms with Crippen molar-refractivity contribution >= 4 is 29.5 Å². The topological polar surface area (TPSA) is 37.4 Å². The molecule has 0 fully saturated rings. The molecule has 1 amide bonds. The molecule has 0 N–H and O–H groups in total. The van der Waals surface area contributed by atoms with E-state index in [0.29, 0.717) is 17.5 Å². The van der Waals surface area contributed by atoms with Crippen LogP contribution in [0.2, 0.25) is 0 Å². The summed E-state index contributed by atoms with van der Waals surface area (Å²) in [6, 6.07) is 3.99. The molecule has 0 heterocycles. The monoisotopic (exact) mass is 243 g/mol. The summed E-state index contributed by atoms with van der Waals surface area (Å²) in [7, 11) is 0. The van der Waals surface area contributed by atoms with Gasteiger partial charge in [0.15, 0.2) is 0 Å². The number of hydrogen-bond donors (Lipinski definition) is 0. The van der Waals surface area contributed by atoms with Crippen LogP contribution >= 0.6 is 11.6 Å². The number of carbonyl (C=O) groups is 2. The molecule has 16 heavy (non-hydrogen) atoms. The number of nitrogens with zero attached hydrogens (tertiary/aromatic N) is 1. The second-order valence-electron chi connectivity index (χ2n) is 3.24. The molecule has 0 aliphatic carbocycles. The molecule has 1 aromatic rings. The van der Waals surface area contributed by atoms with Gasteiger partial charge in [-0.25, -0.2) is 4.39 Å². The summed E-state index contributed by atoms with van der Waals surface area (Å²) >= 11 is 5.43. The summed E-state index contributed by atoms with van der Waals surface area (Å²) < 4.78 is 12.9. The van der Waals surface area contributed by atoms with Crippen LogP contribution in [0, 0.1) is 12.7 Å². The predicted molar refractivity (Wildman–Crippen MR) is 60.3 cm³/mol. The van der Waals surface area contributed by atoms with Gasteiger partial charge >= 0.3 is 0 Å². The number of anilines is 1. The molecule has 0 spiro atoms. The molecule has 0 saturated carbocycles. The molecule has 0 aromatic heterocycles. The Kier molecular flexibility index (Phi) is 4.43. The zero-order valence-electron chi connectivity index (χ0n) is 8.74. The lowest BCUT2D eigenvalue weighted by Crippen LogP contribution is -2.34. The number of carbonyl (C=O) groups excluding carboxylic acids is 2. The Morgan fingerprint density at radius 3 is 2.75 bits per heavy atom. The Morgan fingerprint density at radius 2 is 2.25 bits per heavy atom. The average molecular weight is 244 g/mol. The third kappa shape index (κ3) is 2.79. The van der Waals surface area contributed by atoms with Gasteiger partial charge in [0.1, 0.15) is 18.0 Å². The molecule has 1 aromatic carbocycles. The van der Waals surface area contributed by atoms with Crippen LogP contribution in [0.15, 0.2) is 18.2 Å². The van der Waals surface area contributed by atoms with Gasteiger partial charge in [-0.3, -0.25) is 4.79 Å². The Morgan fingerprint density at radius 1 is 1.56 bits per heavy atom. The van der Waals surface area contributed by atoms with E-state index >= 15 is 0 Å². The predicted octanol–water partition coefficient (Wildman–Crippen LogP) is 1.90. The first-order valence-electron chi connectivity index (χ1n) is 4.66. The van der Waals surface area contributed by atoms with Gasteiger partial charge in [0.05, 0.1) is 6.54 Å². The van der Waals surface area contributed by atoms with Crippen LogP contribution in [0.25, 0.3) is 0 Å². The largest absolute Gasteiger partial charge is 0.304 e. The van der Waals surface area contributed by atoms with Crippen molar-refractivity contribution in [3.63, 3.8) is 0 Å². The number of halogens is 2. The van der Waals surface area contributed by atoms with Crippen LogP contribution in [-0.2, 0) is 9.59 Å². The highest BCUT2D eigenvalue weighted by atomic mass is 35.5. The molecule has 86 valence electrons. The Bertz CT molecular complexity index is 409. The van der Waals surface area contributed by atoms with Gasteiger partial charge in [0.2, 0.25) is 5.91 Å². The number of aldehydes is 1. The first-order chi connectivity index (χ1) is 7.60. The lowest BCUT2D eigenvalue weighted by Gasteiger charge is -2.21. The highest BCUT2D eigenvalue weighted by molar-refractivity contribution is 6.29. The molecule has 3 nitrogen and oxygen atoms in total. The lowest BCUT2D eigenvalue weighted by atomic mass is 10.1. The Labute approximate surface area is 97.8 Å². The molecular weight excluding hydrogens is 233 g/mol. The minimum Gasteiger partial charge on any atom is -0.304 e. The summed E-state index contributed by atoms with van der Waals surface area (Å²) in [5, 5.41) is 0. The van der Waals surface area contributed by atoms with Crippen molar-refractivity contribution < 1.29 is 14.0 Å². The minimum absolute atomic E-state index is 0.0853. The van der Waals surface area contributed by atoms with Crippen LogP contribution in [0.5, 0.6) is 0 Å². The van der Waals surface area contributed by atoms with Crippen LogP contribution < -0.4 is 4.90 Å². The second-order valence-corrected chi connectivity index (χ2v) is 3.50. The third-order valence-electron chi connectivity index (χ3n) is 2.12. The van der Waals surface area contributed by atoms with Crippen molar-refractivity contribution in [1.82, 2.24) is 0 Å². The van der Waals surface area contributed by atoms with Crippen molar-refractivity contribution in [2.24, 2.45) is 0 Å². The molecule has 0 saturated heterocycles. The summed E-state index contributed by atoms with van der Waals surface area (Å²) in [4.78, 5) is 23.2. The maximum absolute atomic E-state index is 12.9. The first kappa shape index (κ1) is 12.6. The van der Waals surface area contributed by atoms with Gasteiger partial charge < -0.3 is 9.69 Å². The maximum atomic E-state index is 12.9. The molecule has 0 radical (unpaired) electrons. The van der Waals surface area contributed by atoms with E-state index in [1.807, 2.05) is 0 Å². The number of hydrogen-bond acceptors (Lipinski definition) is 2. The molecule has 5 heteroatoms. The first-order valence-corrected chi connectivity index (χ1v) is 5.19. The highest BCUT2D eigenvalue weighted by Gasteiger charge is 2.16. The van der Waals surface area contributed by atoms with E-state index in [1.165, 1.54) is 23.1 Å². The maximum Gasteiger partial charge on any atom is 0.242 e. The van der Waals surface area contributed by atoms with Gasteiger partial charge in [-0.15, -0.1) is 11.6 Å². The van der Waals surface area contributed by atoms with E-state index in [0.717, 1.165) is 0 Å². The molecule has 0 bridgehead atoms. The van der Waals surface area contributed by atoms with E-state index in [1.54, 1.807) is 6.92 Å². The summed E-state index contributed by atoms with van der Waals surface area (Å²) in [5.41, 5.74) is 1.08. The zero-order chi connectivity index (χ0) is 12.1. The number of rotatable bonds is 4. The van der Waals surface area contributed by atoms with Crippen LogP contribution in [-0.4, -0.2) is 24.6 Å². The Balaban J connectivity index is 3.10. The number of amides is 1. The van der Waals surface area contributed by atoms with E-state index in [2.05, 4.69) is 0 Å². The normalized spacial score (nSPS) is 9.94. The number of benzene rings is 1. The van der Waals surface area contributed by atoms with Crippen molar-refractivity contribution in [1.29, 1.82) is 0 Å². The van der Waals surface area contributed by atoms with Gasteiger partial charge in [0.25, 0.3) is 0 Å². The Hall–Kier alpha value is -1.42. The summed E-state index contributed by atoms with van der Waals surface area (Å²) in [6.07, 6.45) is 0.604. The van der Waals surface area contributed by atoms with Gasteiger partial charge in [0, 0.05) is 5.69 Å².